The molecule has 1 N–H and O–H groups in total. The Hall–Kier alpha value is -2.15. The largest absolute Gasteiger partial charge is 0.331 e. The Morgan fingerprint density at radius 3 is 2.43 bits per heavy atom. The minimum absolute atomic E-state index is 0.0151. The lowest BCUT2D eigenvalue weighted by Crippen LogP contribution is -2.34. The van der Waals surface area contributed by atoms with E-state index in [1.54, 1.807) is 0 Å². The molecule has 1 aliphatic carbocycles. The highest BCUT2D eigenvalue weighted by Gasteiger charge is 2.36. The molecule has 0 saturated heterocycles. The fourth-order valence-electron chi connectivity index (χ4n) is 3.18. The molecule has 28 heavy (non-hydrogen) atoms. The van der Waals surface area contributed by atoms with Gasteiger partial charge in [-0.3, -0.25) is 14.3 Å². The molecule has 0 radical (unpaired) electrons. The molecule has 0 aliphatic heterocycles. The number of carbonyl (C=O) groups is 2. The summed E-state index contributed by atoms with van der Waals surface area (Å²) in [6.07, 6.45) is 2.05. The molecular formula is C21H30N4O2S. The van der Waals surface area contributed by atoms with Crippen molar-refractivity contribution in [1.82, 2.24) is 14.7 Å². The minimum atomic E-state index is -0.516. The second-order valence-electron chi connectivity index (χ2n) is 8.74. The number of aryl methyl sites for hydroxylation is 3. The van der Waals surface area contributed by atoms with E-state index >= 15 is 0 Å². The molecule has 1 aliphatic rings. The van der Waals surface area contributed by atoms with Crippen LogP contribution < -0.4 is 5.32 Å². The van der Waals surface area contributed by atoms with E-state index in [1.165, 1.54) is 11.3 Å². The van der Waals surface area contributed by atoms with E-state index in [-0.39, 0.29) is 17.9 Å². The molecule has 1 saturated carbocycles. The highest BCUT2D eigenvalue weighted by atomic mass is 32.1. The van der Waals surface area contributed by atoms with Crippen LogP contribution in [0, 0.1) is 26.2 Å². The summed E-state index contributed by atoms with van der Waals surface area (Å²) in [5, 5.41) is 8.11. The second-order valence-corrected chi connectivity index (χ2v) is 10.00. The molecule has 0 bridgehead atoms. The quantitative estimate of drug-likeness (QED) is 0.815. The van der Waals surface area contributed by atoms with Crippen molar-refractivity contribution in [3.63, 3.8) is 0 Å². The molecule has 0 atom stereocenters. The summed E-state index contributed by atoms with van der Waals surface area (Å²) in [5.74, 6) is -0.0981. The molecule has 6 nitrogen and oxygen atoms in total. The fourth-order valence-corrected chi connectivity index (χ4v) is 4.08. The monoisotopic (exact) mass is 402 g/mol. The van der Waals surface area contributed by atoms with Crippen LogP contribution in [0.1, 0.15) is 65.8 Å². The number of nitrogens with zero attached hydrogens (tertiary/aromatic N) is 3. The van der Waals surface area contributed by atoms with Crippen LogP contribution in [0.4, 0.5) is 5.00 Å². The molecule has 152 valence electrons. The highest BCUT2D eigenvalue weighted by Crippen LogP contribution is 2.35. The summed E-state index contributed by atoms with van der Waals surface area (Å²) < 4.78 is 1.87. The van der Waals surface area contributed by atoms with Crippen molar-refractivity contribution < 1.29 is 9.59 Å². The van der Waals surface area contributed by atoms with Crippen molar-refractivity contribution in [1.29, 1.82) is 0 Å². The summed E-state index contributed by atoms with van der Waals surface area (Å²) >= 11 is 1.46. The van der Waals surface area contributed by atoms with Gasteiger partial charge in [0, 0.05) is 41.2 Å². The van der Waals surface area contributed by atoms with E-state index in [4.69, 9.17) is 0 Å². The molecule has 0 spiro atoms. The molecule has 2 aromatic heterocycles. The smallest absolute Gasteiger partial charge is 0.257 e. The van der Waals surface area contributed by atoms with E-state index in [0.717, 1.165) is 34.7 Å². The highest BCUT2D eigenvalue weighted by molar-refractivity contribution is 7.16. The van der Waals surface area contributed by atoms with Crippen molar-refractivity contribution in [2.24, 2.45) is 12.5 Å². The predicted octanol–water partition coefficient (Wildman–Crippen LogP) is 4.20. The first-order chi connectivity index (χ1) is 13.0. The van der Waals surface area contributed by atoms with Gasteiger partial charge in [-0.05, 0) is 39.7 Å². The first-order valence-electron chi connectivity index (χ1n) is 9.71. The molecule has 7 heteroatoms. The molecule has 3 rings (SSSR count). The predicted molar refractivity (Wildman–Crippen MR) is 113 cm³/mol. The topological polar surface area (TPSA) is 67.2 Å². The van der Waals surface area contributed by atoms with Gasteiger partial charge in [-0.1, -0.05) is 20.8 Å². The number of thiophene rings is 1. The fraction of sp³-hybridized carbons (Fsp3) is 0.571. The zero-order valence-corrected chi connectivity index (χ0v) is 18.7. The summed E-state index contributed by atoms with van der Waals surface area (Å²) in [5.41, 5.74) is 3.22. The van der Waals surface area contributed by atoms with Crippen LogP contribution in [-0.4, -0.2) is 32.5 Å². The third-order valence-electron chi connectivity index (χ3n) is 5.23. The van der Waals surface area contributed by atoms with Gasteiger partial charge in [0.25, 0.3) is 5.91 Å². The van der Waals surface area contributed by atoms with Crippen LogP contribution in [0.2, 0.25) is 0 Å². The average molecular weight is 403 g/mol. The van der Waals surface area contributed by atoms with Gasteiger partial charge >= 0.3 is 0 Å². The van der Waals surface area contributed by atoms with Crippen LogP contribution in [-0.2, 0) is 18.4 Å². The van der Waals surface area contributed by atoms with Crippen LogP contribution >= 0.6 is 11.3 Å². The van der Waals surface area contributed by atoms with Crippen molar-refractivity contribution in [2.45, 2.75) is 67.0 Å². The number of rotatable bonds is 5. The average Bonchev–Trinajstić information content (AvgIpc) is 3.31. The van der Waals surface area contributed by atoms with Gasteiger partial charge in [-0.25, -0.2) is 0 Å². The number of hydrogen-bond donors (Lipinski definition) is 1. The van der Waals surface area contributed by atoms with Crippen LogP contribution in [0.5, 0.6) is 0 Å². The number of nitrogens with one attached hydrogen (secondary N) is 1. The Bertz CT molecular complexity index is 916. The number of anilines is 1. The number of aromatic nitrogens is 2. The molecule has 2 heterocycles. The van der Waals surface area contributed by atoms with E-state index in [1.807, 2.05) is 64.2 Å². The maximum atomic E-state index is 13.5. The lowest BCUT2D eigenvalue weighted by Gasteiger charge is -2.24. The second kappa shape index (κ2) is 7.35. The van der Waals surface area contributed by atoms with Crippen molar-refractivity contribution >= 4 is 28.2 Å². The SMILES string of the molecule is Cc1cc(C(=O)N(Cc2c(C)nn(C)c2C)C2CC2)c(NC(=O)C(C)(C)C)s1. The normalized spacial score (nSPS) is 14.2. The summed E-state index contributed by atoms with van der Waals surface area (Å²) in [6, 6.07) is 2.15. The first-order valence-corrected chi connectivity index (χ1v) is 10.5. The van der Waals surface area contributed by atoms with Crippen LogP contribution in [0.25, 0.3) is 0 Å². The van der Waals surface area contributed by atoms with Crippen molar-refractivity contribution in [3.05, 3.63) is 33.5 Å². The molecule has 2 amide bonds. The van der Waals surface area contributed by atoms with Gasteiger partial charge in [0.2, 0.25) is 5.91 Å². The maximum Gasteiger partial charge on any atom is 0.257 e. The first kappa shape index (κ1) is 20.6. The zero-order valence-electron chi connectivity index (χ0n) is 17.8. The van der Waals surface area contributed by atoms with Crippen LogP contribution in [0.15, 0.2) is 6.07 Å². The van der Waals surface area contributed by atoms with E-state index < -0.39 is 5.41 Å². The zero-order chi connectivity index (χ0) is 20.8. The third kappa shape index (κ3) is 4.14. The van der Waals surface area contributed by atoms with E-state index in [2.05, 4.69) is 10.4 Å². The van der Waals surface area contributed by atoms with E-state index in [0.29, 0.717) is 17.1 Å². The Morgan fingerprint density at radius 2 is 1.93 bits per heavy atom. The molecule has 0 unspecified atom stereocenters. The van der Waals surface area contributed by atoms with Gasteiger partial charge in [0.05, 0.1) is 11.3 Å². The Morgan fingerprint density at radius 1 is 1.29 bits per heavy atom. The number of amides is 2. The van der Waals surface area contributed by atoms with Crippen molar-refractivity contribution in [3.8, 4) is 0 Å². The van der Waals surface area contributed by atoms with Gasteiger partial charge in [0.15, 0.2) is 0 Å². The Labute approximate surface area is 170 Å². The molecule has 1 fully saturated rings. The summed E-state index contributed by atoms with van der Waals surface area (Å²) in [4.78, 5) is 28.9. The van der Waals surface area contributed by atoms with E-state index in [9.17, 15) is 9.59 Å². The van der Waals surface area contributed by atoms with Gasteiger partial charge in [0.1, 0.15) is 5.00 Å². The Kier molecular flexibility index (Phi) is 5.40. The molecule has 0 aromatic carbocycles. The van der Waals surface area contributed by atoms with Crippen LogP contribution in [0.3, 0.4) is 0 Å². The Balaban J connectivity index is 1.90. The summed E-state index contributed by atoms with van der Waals surface area (Å²) in [6.45, 7) is 12.1. The van der Waals surface area contributed by atoms with Crippen molar-refractivity contribution in [2.75, 3.05) is 5.32 Å². The van der Waals surface area contributed by atoms with Gasteiger partial charge in [-0.2, -0.15) is 5.10 Å². The van der Waals surface area contributed by atoms with Gasteiger partial charge in [-0.15, -0.1) is 11.3 Å². The maximum absolute atomic E-state index is 13.5. The lowest BCUT2D eigenvalue weighted by atomic mass is 9.96. The molecular weight excluding hydrogens is 372 g/mol. The third-order valence-corrected chi connectivity index (χ3v) is 6.20. The number of hydrogen-bond acceptors (Lipinski definition) is 4. The van der Waals surface area contributed by atoms with Gasteiger partial charge < -0.3 is 10.2 Å². The summed E-state index contributed by atoms with van der Waals surface area (Å²) in [7, 11) is 1.93. The molecule has 2 aromatic rings. The minimum Gasteiger partial charge on any atom is -0.331 e. The number of carbonyl (C=O) groups excluding carboxylic acids is 2. The lowest BCUT2D eigenvalue weighted by molar-refractivity contribution is -0.123. The standard InChI is InChI=1S/C21H30N4O2S/c1-12-10-16(18(28-12)22-20(27)21(4,5)6)19(26)25(15-8-9-15)11-17-13(2)23-24(7)14(17)3/h10,15H,8-9,11H2,1-7H3,(H,22,27).